The van der Waals surface area contributed by atoms with Crippen molar-refractivity contribution >= 4 is 15.7 Å². The molecule has 0 radical (unpaired) electrons. The first-order valence-corrected chi connectivity index (χ1v) is 9.09. The van der Waals surface area contributed by atoms with Crippen molar-refractivity contribution in [3.8, 4) is 11.8 Å². The molecular weight excluding hydrogens is 310 g/mol. The van der Waals surface area contributed by atoms with Crippen molar-refractivity contribution in [2.24, 2.45) is 0 Å². The number of sulfone groups is 1. The smallest absolute Gasteiger partial charge is 0.252 e. The van der Waals surface area contributed by atoms with Crippen molar-refractivity contribution in [1.82, 2.24) is 5.32 Å². The van der Waals surface area contributed by atoms with Gasteiger partial charge >= 0.3 is 0 Å². The Morgan fingerprint density at radius 2 is 1.70 bits per heavy atom. The van der Waals surface area contributed by atoms with E-state index in [9.17, 15) is 13.2 Å². The maximum absolute atomic E-state index is 12.0. The van der Waals surface area contributed by atoms with Gasteiger partial charge in [-0.15, -0.1) is 0 Å². The lowest BCUT2D eigenvalue weighted by Crippen LogP contribution is -2.23. The van der Waals surface area contributed by atoms with Gasteiger partial charge in [0.2, 0.25) is 0 Å². The number of hydrogen-bond donors (Lipinski definition) is 1. The van der Waals surface area contributed by atoms with Gasteiger partial charge < -0.3 is 5.32 Å². The molecule has 0 fully saturated rings. The summed E-state index contributed by atoms with van der Waals surface area (Å²) in [5.41, 5.74) is 2.03. The highest BCUT2D eigenvalue weighted by atomic mass is 32.2. The predicted molar refractivity (Wildman–Crippen MR) is 90.6 cm³/mol. The molecule has 23 heavy (non-hydrogen) atoms. The molecule has 0 spiro atoms. The van der Waals surface area contributed by atoms with Crippen LogP contribution in [0.4, 0.5) is 0 Å². The molecule has 0 aliphatic carbocycles. The first kappa shape index (κ1) is 16.8. The Hall–Kier alpha value is -2.58. The van der Waals surface area contributed by atoms with Crippen LogP contribution < -0.4 is 5.32 Å². The van der Waals surface area contributed by atoms with Gasteiger partial charge in [0.1, 0.15) is 0 Å². The standard InChI is InChI=1S/C18H17NO3S/c1-23(21,22)14-16-9-11-17(12-10-16)18(20)19-13-5-8-15-6-3-2-4-7-15/h2-4,6-7,9-12H,13-14H2,1H3,(H,19,20). The molecule has 0 heterocycles. The molecule has 2 rings (SSSR count). The molecule has 0 aromatic heterocycles. The van der Waals surface area contributed by atoms with Gasteiger partial charge in [-0.1, -0.05) is 42.2 Å². The molecule has 0 atom stereocenters. The number of rotatable bonds is 4. The second-order valence-electron chi connectivity index (χ2n) is 5.12. The molecule has 2 aromatic rings. The first-order valence-electron chi connectivity index (χ1n) is 7.03. The Morgan fingerprint density at radius 1 is 1.04 bits per heavy atom. The molecule has 0 bridgehead atoms. The van der Waals surface area contributed by atoms with Crippen molar-refractivity contribution < 1.29 is 13.2 Å². The molecule has 1 N–H and O–H groups in total. The minimum Gasteiger partial charge on any atom is -0.341 e. The minimum atomic E-state index is -3.07. The molecular formula is C18H17NO3S. The van der Waals surface area contributed by atoms with Crippen LogP contribution in [0.25, 0.3) is 0 Å². The number of amides is 1. The van der Waals surface area contributed by atoms with E-state index in [1.54, 1.807) is 24.3 Å². The molecule has 5 heteroatoms. The van der Waals surface area contributed by atoms with E-state index < -0.39 is 9.84 Å². The predicted octanol–water partition coefficient (Wildman–Crippen LogP) is 2.01. The van der Waals surface area contributed by atoms with E-state index in [1.165, 1.54) is 6.26 Å². The van der Waals surface area contributed by atoms with Gasteiger partial charge in [-0.2, -0.15) is 0 Å². The Bertz CT molecular complexity index is 829. The van der Waals surface area contributed by atoms with Crippen LogP contribution in [-0.2, 0) is 15.6 Å². The van der Waals surface area contributed by atoms with Gasteiger partial charge in [0.25, 0.3) is 5.91 Å². The maximum Gasteiger partial charge on any atom is 0.252 e. The van der Waals surface area contributed by atoms with Crippen LogP contribution in [0.3, 0.4) is 0 Å². The zero-order valence-electron chi connectivity index (χ0n) is 12.7. The lowest BCUT2D eigenvalue weighted by molar-refractivity contribution is 0.0958. The van der Waals surface area contributed by atoms with E-state index in [4.69, 9.17) is 0 Å². The molecule has 0 aliphatic heterocycles. The van der Waals surface area contributed by atoms with Crippen molar-refractivity contribution in [2.45, 2.75) is 5.75 Å². The van der Waals surface area contributed by atoms with Crippen LogP contribution in [0.1, 0.15) is 21.5 Å². The fraction of sp³-hybridized carbons (Fsp3) is 0.167. The van der Waals surface area contributed by atoms with Crippen LogP contribution in [0.15, 0.2) is 54.6 Å². The van der Waals surface area contributed by atoms with Gasteiger partial charge in [-0.25, -0.2) is 8.42 Å². The lowest BCUT2D eigenvalue weighted by atomic mass is 10.1. The molecule has 118 valence electrons. The second-order valence-corrected chi connectivity index (χ2v) is 7.26. The maximum atomic E-state index is 12.0. The Labute approximate surface area is 136 Å². The van der Waals surface area contributed by atoms with Crippen LogP contribution in [0.5, 0.6) is 0 Å². The summed E-state index contributed by atoms with van der Waals surface area (Å²) in [6.07, 6.45) is 1.18. The number of carbonyl (C=O) groups excluding carboxylic acids is 1. The summed E-state index contributed by atoms with van der Waals surface area (Å²) in [5, 5.41) is 2.71. The molecule has 0 saturated heterocycles. The number of hydrogen-bond acceptors (Lipinski definition) is 3. The fourth-order valence-electron chi connectivity index (χ4n) is 1.95. The molecule has 0 saturated carbocycles. The quantitative estimate of drug-likeness (QED) is 0.874. The van der Waals surface area contributed by atoms with Gasteiger partial charge in [0.15, 0.2) is 9.84 Å². The van der Waals surface area contributed by atoms with E-state index in [-0.39, 0.29) is 18.2 Å². The largest absolute Gasteiger partial charge is 0.341 e. The van der Waals surface area contributed by atoms with Gasteiger partial charge in [-0.3, -0.25) is 4.79 Å². The second kappa shape index (κ2) is 7.61. The van der Waals surface area contributed by atoms with E-state index in [0.29, 0.717) is 11.1 Å². The molecule has 2 aromatic carbocycles. The van der Waals surface area contributed by atoms with Crippen molar-refractivity contribution in [1.29, 1.82) is 0 Å². The zero-order chi connectivity index (χ0) is 16.7. The minimum absolute atomic E-state index is 0.0303. The zero-order valence-corrected chi connectivity index (χ0v) is 13.6. The number of benzene rings is 2. The first-order chi connectivity index (χ1) is 10.9. The summed E-state index contributed by atoms with van der Waals surface area (Å²) < 4.78 is 22.4. The van der Waals surface area contributed by atoms with Crippen LogP contribution in [-0.4, -0.2) is 27.1 Å². The summed E-state index contributed by atoms with van der Waals surface area (Å²) in [7, 11) is -3.07. The Kier molecular flexibility index (Phi) is 5.56. The van der Waals surface area contributed by atoms with E-state index in [0.717, 1.165) is 5.56 Å². The van der Waals surface area contributed by atoms with Crippen molar-refractivity contribution in [3.63, 3.8) is 0 Å². The Balaban J connectivity index is 1.90. The number of nitrogens with one attached hydrogen (secondary N) is 1. The van der Waals surface area contributed by atoms with Crippen molar-refractivity contribution in [3.05, 3.63) is 71.3 Å². The summed E-state index contributed by atoms with van der Waals surface area (Å²) in [6, 6.07) is 16.0. The summed E-state index contributed by atoms with van der Waals surface area (Å²) in [4.78, 5) is 12.0. The summed E-state index contributed by atoms with van der Waals surface area (Å²) >= 11 is 0. The van der Waals surface area contributed by atoms with Crippen LogP contribution >= 0.6 is 0 Å². The normalized spacial score (nSPS) is 10.5. The molecule has 0 unspecified atom stereocenters. The lowest BCUT2D eigenvalue weighted by Gasteiger charge is -2.03. The Morgan fingerprint density at radius 3 is 2.30 bits per heavy atom. The molecule has 1 amide bonds. The van der Waals surface area contributed by atoms with Crippen LogP contribution in [0.2, 0.25) is 0 Å². The topological polar surface area (TPSA) is 63.2 Å². The highest BCUT2D eigenvalue weighted by Crippen LogP contribution is 2.07. The molecule has 0 aliphatic rings. The highest BCUT2D eigenvalue weighted by Gasteiger charge is 2.07. The van der Waals surface area contributed by atoms with Crippen molar-refractivity contribution in [2.75, 3.05) is 12.8 Å². The third-order valence-corrected chi connectivity index (χ3v) is 3.85. The third-order valence-electron chi connectivity index (χ3n) is 2.99. The average Bonchev–Trinajstić information content (AvgIpc) is 2.51. The highest BCUT2D eigenvalue weighted by molar-refractivity contribution is 7.89. The van der Waals surface area contributed by atoms with Gasteiger partial charge in [-0.05, 0) is 29.8 Å². The fourth-order valence-corrected chi connectivity index (χ4v) is 2.75. The monoisotopic (exact) mass is 327 g/mol. The van der Waals surface area contributed by atoms with Crippen LogP contribution in [0, 0.1) is 11.8 Å². The number of carbonyl (C=O) groups is 1. The summed E-state index contributed by atoms with van der Waals surface area (Å²) in [6.45, 7) is 0.249. The third kappa shape index (κ3) is 5.97. The summed E-state index contributed by atoms with van der Waals surface area (Å²) in [5.74, 6) is 5.57. The van der Waals surface area contributed by atoms with Gasteiger partial charge in [0, 0.05) is 17.4 Å². The van der Waals surface area contributed by atoms with Gasteiger partial charge in [0.05, 0.1) is 12.3 Å². The molecule has 4 nitrogen and oxygen atoms in total. The average molecular weight is 327 g/mol. The van der Waals surface area contributed by atoms with E-state index in [1.807, 2.05) is 30.3 Å². The van der Waals surface area contributed by atoms with E-state index >= 15 is 0 Å². The SMILES string of the molecule is CS(=O)(=O)Cc1ccc(C(=O)NCC#Cc2ccccc2)cc1. The van der Waals surface area contributed by atoms with E-state index in [2.05, 4.69) is 17.2 Å².